The van der Waals surface area contributed by atoms with Gasteiger partial charge in [-0.2, -0.15) is 13.2 Å². The summed E-state index contributed by atoms with van der Waals surface area (Å²) in [6.07, 6.45) is -3.76. The maximum atomic E-state index is 11.6. The Hall–Kier alpha value is -0.250. The van der Waals surface area contributed by atoms with Crippen molar-refractivity contribution >= 4 is 0 Å². The van der Waals surface area contributed by atoms with E-state index in [1.807, 2.05) is 13.8 Å². The van der Waals surface area contributed by atoms with Gasteiger partial charge in [-0.25, -0.2) is 0 Å². The summed E-state index contributed by atoms with van der Waals surface area (Å²) in [6.45, 7) is 4.75. The van der Waals surface area contributed by atoms with Crippen molar-refractivity contribution in [2.45, 2.75) is 32.9 Å². The fourth-order valence-electron chi connectivity index (χ4n) is 0.723. The van der Waals surface area contributed by atoms with Gasteiger partial charge < -0.3 is 5.32 Å². The molecule has 0 aromatic carbocycles. The molecule has 0 radical (unpaired) electrons. The lowest BCUT2D eigenvalue weighted by molar-refractivity contribution is -0.133. The maximum Gasteiger partial charge on any atom is 0.390 e. The van der Waals surface area contributed by atoms with E-state index in [-0.39, 0.29) is 6.54 Å². The zero-order chi connectivity index (χ0) is 9.61. The summed E-state index contributed by atoms with van der Waals surface area (Å²) in [5.41, 5.74) is 0. The van der Waals surface area contributed by atoms with Crippen molar-refractivity contribution in [3.05, 3.63) is 0 Å². The molecular formula is C8H16F3N. The molecule has 0 aliphatic heterocycles. The molecule has 1 nitrogen and oxygen atoms in total. The van der Waals surface area contributed by atoms with Crippen LogP contribution in [0.15, 0.2) is 0 Å². The summed E-state index contributed by atoms with van der Waals surface area (Å²) in [4.78, 5) is 0. The molecule has 0 rings (SSSR count). The first kappa shape index (κ1) is 11.8. The second kappa shape index (κ2) is 5.41. The van der Waals surface area contributed by atoms with Gasteiger partial charge in [0.1, 0.15) is 0 Å². The van der Waals surface area contributed by atoms with E-state index in [1.54, 1.807) is 0 Å². The monoisotopic (exact) mass is 183 g/mol. The average Bonchev–Trinajstić information content (AvgIpc) is 1.96. The molecule has 0 fully saturated rings. The highest BCUT2D eigenvalue weighted by atomic mass is 19.4. The average molecular weight is 183 g/mol. The van der Waals surface area contributed by atoms with Crippen LogP contribution in [-0.2, 0) is 0 Å². The molecule has 0 aromatic rings. The second-order valence-corrected chi connectivity index (χ2v) is 3.08. The van der Waals surface area contributed by atoms with E-state index >= 15 is 0 Å². The van der Waals surface area contributed by atoms with Crippen LogP contribution < -0.4 is 5.32 Å². The van der Waals surface area contributed by atoms with Crippen molar-refractivity contribution in [2.24, 2.45) is 5.92 Å². The normalized spacial score (nSPS) is 14.8. The van der Waals surface area contributed by atoms with Gasteiger partial charge in [-0.1, -0.05) is 20.3 Å². The lowest BCUT2D eigenvalue weighted by Gasteiger charge is -2.10. The third-order valence-corrected chi connectivity index (χ3v) is 1.77. The summed E-state index contributed by atoms with van der Waals surface area (Å²) in [5.74, 6) is 0.457. The Kier molecular flexibility index (Phi) is 5.29. The van der Waals surface area contributed by atoms with Gasteiger partial charge in [0.25, 0.3) is 0 Å². The molecule has 0 saturated heterocycles. The second-order valence-electron chi connectivity index (χ2n) is 3.08. The topological polar surface area (TPSA) is 12.0 Å². The molecular weight excluding hydrogens is 167 g/mol. The van der Waals surface area contributed by atoms with Crippen LogP contribution in [0.5, 0.6) is 0 Å². The molecule has 0 unspecified atom stereocenters. The van der Waals surface area contributed by atoms with E-state index in [9.17, 15) is 13.2 Å². The molecule has 0 spiro atoms. The first-order chi connectivity index (χ1) is 5.45. The number of halogens is 3. The Morgan fingerprint density at radius 1 is 1.33 bits per heavy atom. The molecule has 0 aliphatic rings. The zero-order valence-corrected chi connectivity index (χ0v) is 7.54. The van der Waals surface area contributed by atoms with Crippen LogP contribution in [0.1, 0.15) is 26.7 Å². The van der Waals surface area contributed by atoms with Crippen LogP contribution in [0.25, 0.3) is 0 Å². The lowest BCUT2D eigenvalue weighted by Crippen LogP contribution is -2.25. The summed E-state index contributed by atoms with van der Waals surface area (Å²) in [5, 5.41) is 2.77. The van der Waals surface area contributed by atoms with E-state index < -0.39 is 12.6 Å². The van der Waals surface area contributed by atoms with Crippen LogP contribution in [-0.4, -0.2) is 19.3 Å². The minimum atomic E-state index is -4.03. The minimum absolute atomic E-state index is 0.0356. The third-order valence-electron chi connectivity index (χ3n) is 1.77. The van der Waals surface area contributed by atoms with E-state index in [0.717, 1.165) is 6.42 Å². The number of hydrogen-bond acceptors (Lipinski definition) is 1. The van der Waals surface area contributed by atoms with Crippen LogP contribution in [0.2, 0.25) is 0 Å². The molecule has 0 aromatic heterocycles. The standard InChI is InChI=1S/C8H16F3N/c1-3-7(2)6-12-5-4-8(9,10)11/h7,12H,3-6H2,1-2H3/t7-/m0/s1. The van der Waals surface area contributed by atoms with E-state index in [2.05, 4.69) is 5.32 Å². The molecule has 1 atom stereocenters. The van der Waals surface area contributed by atoms with Crippen molar-refractivity contribution in [1.29, 1.82) is 0 Å². The van der Waals surface area contributed by atoms with Gasteiger partial charge in [-0.15, -0.1) is 0 Å². The maximum absolute atomic E-state index is 11.6. The van der Waals surface area contributed by atoms with Crippen molar-refractivity contribution in [3.63, 3.8) is 0 Å². The molecule has 0 aliphatic carbocycles. The molecule has 0 heterocycles. The van der Waals surface area contributed by atoms with Gasteiger partial charge in [-0.3, -0.25) is 0 Å². The van der Waals surface area contributed by atoms with Crippen molar-refractivity contribution in [3.8, 4) is 0 Å². The number of alkyl halides is 3. The van der Waals surface area contributed by atoms with E-state index in [0.29, 0.717) is 12.5 Å². The summed E-state index contributed by atoms with van der Waals surface area (Å²) < 4.78 is 34.9. The Bertz CT molecular complexity index is 111. The quantitative estimate of drug-likeness (QED) is 0.646. The van der Waals surface area contributed by atoms with Crippen molar-refractivity contribution in [1.82, 2.24) is 5.32 Å². The van der Waals surface area contributed by atoms with Crippen LogP contribution in [0.4, 0.5) is 13.2 Å². The predicted molar refractivity (Wildman–Crippen MR) is 43.0 cm³/mol. The molecule has 0 amide bonds. The minimum Gasteiger partial charge on any atom is -0.316 e. The largest absolute Gasteiger partial charge is 0.390 e. The molecule has 12 heavy (non-hydrogen) atoms. The third kappa shape index (κ3) is 7.85. The van der Waals surface area contributed by atoms with Crippen molar-refractivity contribution < 1.29 is 13.2 Å². The summed E-state index contributed by atoms with van der Waals surface area (Å²) in [6, 6.07) is 0. The van der Waals surface area contributed by atoms with Gasteiger partial charge in [-0.05, 0) is 12.5 Å². The van der Waals surface area contributed by atoms with E-state index in [4.69, 9.17) is 0 Å². The van der Waals surface area contributed by atoms with Crippen molar-refractivity contribution in [2.75, 3.05) is 13.1 Å². The number of nitrogens with one attached hydrogen (secondary N) is 1. The highest BCUT2D eigenvalue weighted by Crippen LogP contribution is 2.18. The highest BCUT2D eigenvalue weighted by molar-refractivity contribution is 4.57. The van der Waals surface area contributed by atoms with Crippen LogP contribution in [0, 0.1) is 5.92 Å². The number of hydrogen-bond donors (Lipinski definition) is 1. The summed E-state index contributed by atoms with van der Waals surface area (Å²) in [7, 11) is 0. The molecule has 1 N–H and O–H groups in total. The van der Waals surface area contributed by atoms with Crippen LogP contribution >= 0.6 is 0 Å². The first-order valence-corrected chi connectivity index (χ1v) is 4.23. The predicted octanol–water partition coefficient (Wildman–Crippen LogP) is 2.57. The van der Waals surface area contributed by atoms with Crippen LogP contribution in [0.3, 0.4) is 0 Å². The fourth-order valence-corrected chi connectivity index (χ4v) is 0.723. The van der Waals surface area contributed by atoms with E-state index in [1.165, 1.54) is 0 Å². The molecule has 0 saturated carbocycles. The van der Waals surface area contributed by atoms with Gasteiger partial charge >= 0.3 is 6.18 Å². The Morgan fingerprint density at radius 2 is 1.92 bits per heavy atom. The first-order valence-electron chi connectivity index (χ1n) is 4.23. The molecule has 74 valence electrons. The van der Waals surface area contributed by atoms with Gasteiger partial charge in [0.05, 0.1) is 6.42 Å². The highest BCUT2D eigenvalue weighted by Gasteiger charge is 2.25. The van der Waals surface area contributed by atoms with Gasteiger partial charge in [0, 0.05) is 6.54 Å². The SMILES string of the molecule is CC[C@H](C)CNCCC(F)(F)F. The lowest BCUT2D eigenvalue weighted by atomic mass is 10.1. The smallest absolute Gasteiger partial charge is 0.316 e. The molecule has 4 heteroatoms. The fraction of sp³-hybridized carbons (Fsp3) is 1.00. The Balaban J connectivity index is 3.22. The Morgan fingerprint density at radius 3 is 2.33 bits per heavy atom. The zero-order valence-electron chi connectivity index (χ0n) is 7.54. The van der Waals surface area contributed by atoms with Gasteiger partial charge in [0.15, 0.2) is 0 Å². The molecule has 0 bridgehead atoms. The Labute approximate surface area is 71.3 Å². The number of rotatable bonds is 5. The van der Waals surface area contributed by atoms with Gasteiger partial charge in [0.2, 0.25) is 0 Å². The summed E-state index contributed by atoms with van der Waals surface area (Å²) >= 11 is 0.